The van der Waals surface area contributed by atoms with Crippen LogP contribution in [0.1, 0.15) is 66.8 Å². The van der Waals surface area contributed by atoms with Gasteiger partial charge in [0.1, 0.15) is 6.33 Å². The van der Waals surface area contributed by atoms with Crippen molar-refractivity contribution in [1.29, 1.82) is 0 Å². The first-order chi connectivity index (χ1) is 35.8. The minimum atomic E-state index is -0.156. The lowest BCUT2D eigenvalue weighted by Gasteiger charge is -2.57. The Bertz CT molecular complexity index is 3910. The lowest BCUT2D eigenvalue weighted by atomic mass is 9.45. The molecule has 5 unspecified atom stereocenters. The van der Waals surface area contributed by atoms with E-state index < -0.39 is 0 Å². The monoisotopic (exact) mass is 940 g/mol. The highest BCUT2D eigenvalue weighted by Crippen LogP contribution is 2.69. The van der Waals surface area contributed by atoms with Gasteiger partial charge in [0.05, 0.1) is 11.0 Å². The second-order valence-corrected chi connectivity index (χ2v) is 21.6. The van der Waals surface area contributed by atoms with Gasteiger partial charge in [0.2, 0.25) is 0 Å². The van der Waals surface area contributed by atoms with E-state index >= 15 is 0 Å². The highest BCUT2D eigenvalue weighted by Gasteiger charge is 2.63. The second-order valence-electron chi connectivity index (χ2n) is 21.6. The molecule has 5 atom stereocenters. The van der Waals surface area contributed by atoms with Crippen molar-refractivity contribution in [3.8, 4) is 61.8 Å². The van der Waals surface area contributed by atoms with E-state index in [0.29, 0.717) is 29.4 Å². The molecule has 1 fully saturated rings. The fourth-order valence-electron chi connectivity index (χ4n) is 14.4. The molecule has 8 aromatic carbocycles. The average molecular weight is 941 g/mol. The zero-order chi connectivity index (χ0) is 49.0. The summed E-state index contributed by atoms with van der Waals surface area (Å²) in [7, 11) is 0. The van der Waals surface area contributed by atoms with Crippen molar-refractivity contribution in [2.75, 3.05) is 0 Å². The van der Waals surface area contributed by atoms with Gasteiger partial charge in [-0.2, -0.15) is 0 Å². The van der Waals surface area contributed by atoms with Gasteiger partial charge in [0.15, 0.2) is 11.6 Å². The van der Waals surface area contributed by atoms with Crippen molar-refractivity contribution in [1.82, 2.24) is 19.5 Å². The van der Waals surface area contributed by atoms with Crippen molar-refractivity contribution in [3.63, 3.8) is 0 Å². The number of aryl methyl sites for hydroxylation is 1. The summed E-state index contributed by atoms with van der Waals surface area (Å²) < 4.78 is 2.49. The Hall–Kier alpha value is -8.21. The molecular weight excluding hydrogens is 885 g/mol. The summed E-state index contributed by atoms with van der Waals surface area (Å²) in [4.78, 5) is 14.6. The van der Waals surface area contributed by atoms with Crippen molar-refractivity contribution in [2.45, 2.75) is 56.8 Å². The van der Waals surface area contributed by atoms with Gasteiger partial charge in [-0.05, 0) is 135 Å². The van der Waals surface area contributed by atoms with Crippen LogP contribution in [0.5, 0.6) is 0 Å². The van der Waals surface area contributed by atoms with Gasteiger partial charge < -0.3 is 4.57 Å². The molecule has 0 saturated heterocycles. The normalized spacial score (nSPS) is 21.3. The number of hydrogen-bond donors (Lipinski definition) is 0. The van der Waals surface area contributed by atoms with Crippen LogP contribution in [0.15, 0.2) is 225 Å². The molecule has 0 N–H and O–H groups in total. The van der Waals surface area contributed by atoms with Crippen LogP contribution in [0, 0.1) is 24.7 Å². The first-order valence-electron chi connectivity index (χ1n) is 26.2. The maximum absolute atomic E-state index is 5.10. The van der Waals surface area contributed by atoms with Crippen molar-refractivity contribution >= 4 is 21.8 Å². The quantitative estimate of drug-likeness (QED) is 0.156. The zero-order valence-corrected chi connectivity index (χ0v) is 41.6. The summed E-state index contributed by atoms with van der Waals surface area (Å²) in [6.45, 7) is 12.1. The fourth-order valence-corrected chi connectivity index (χ4v) is 14.4. The summed E-state index contributed by atoms with van der Waals surface area (Å²) in [5.41, 5.74) is 20.9. The van der Waals surface area contributed by atoms with Gasteiger partial charge in [0.25, 0.3) is 0 Å². The molecule has 0 aliphatic heterocycles. The molecule has 0 amide bonds. The lowest BCUT2D eigenvalue weighted by Crippen LogP contribution is -2.54. The fraction of sp³-hybridized carbons (Fsp3) is 0.174. The van der Waals surface area contributed by atoms with Crippen LogP contribution in [0.4, 0.5) is 0 Å². The van der Waals surface area contributed by atoms with E-state index in [1.54, 1.807) is 6.33 Å². The predicted octanol–water partition coefficient (Wildman–Crippen LogP) is 17.0. The van der Waals surface area contributed by atoms with Gasteiger partial charge in [-0.3, -0.25) is 0 Å². The molecule has 4 heteroatoms. The van der Waals surface area contributed by atoms with Gasteiger partial charge in [-0.1, -0.05) is 202 Å². The Labute approximate surface area is 428 Å². The topological polar surface area (TPSA) is 43.6 Å². The molecule has 4 aliphatic carbocycles. The Morgan fingerprint density at radius 3 is 2.00 bits per heavy atom. The number of allylic oxidation sites excluding steroid dienone is 5. The van der Waals surface area contributed by atoms with E-state index in [0.717, 1.165) is 39.9 Å². The van der Waals surface area contributed by atoms with Crippen LogP contribution in [-0.4, -0.2) is 19.5 Å². The number of para-hydroxylation sites is 2. The third kappa shape index (κ3) is 6.55. The van der Waals surface area contributed by atoms with Gasteiger partial charge >= 0.3 is 0 Å². The summed E-state index contributed by atoms with van der Waals surface area (Å²) in [6, 6.07) is 67.3. The van der Waals surface area contributed by atoms with Crippen LogP contribution in [0.25, 0.3) is 83.6 Å². The number of hydrogen-bond acceptors (Lipinski definition) is 3. The molecule has 1 saturated carbocycles. The molecule has 2 aromatic heterocycles. The minimum absolute atomic E-state index is 0.00105. The maximum atomic E-state index is 5.10. The molecule has 4 aliphatic rings. The molecule has 1 spiro atoms. The number of aromatic nitrogens is 4. The Morgan fingerprint density at radius 2 is 1.19 bits per heavy atom. The summed E-state index contributed by atoms with van der Waals surface area (Å²) in [5.74, 6) is 2.72. The molecule has 2 heterocycles. The number of rotatable bonds is 6. The standard InChI is InChI=1S/C69H56N4/c1-43-18-16-31-62-63(43)56-39-48(36-37-57(56)69(62)60-29-13-11-27-58(60)68(3,4)59-28-12-14-30-61(59)69)51-40-54(65-55(41-51)53-26-15-19-44(2)64(53)73(65)52-24-9-6-10-25-52)49-22-17-23-50(38-49)67-71-42-70-66(72-67)47-34-32-46(33-35-47)45-20-7-5-8-21-45/h5-15,17,19-30,32-42,58,60,62-63H,1,16,18,31H2,2-4H3. The van der Waals surface area contributed by atoms with E-state index in [-0.39, 0.29) is 16.7 Å². The van der Waals surface area contributed by atoms with Crippen molar-refractivity contribution in [2.24, 2.45) is 17.8 Å². The minimum Gasteiger partial charge on any atom is -0.308 e. The third-order valence-corrected chi connectivity index (χ3v) is 17.5. The number of fused-ring (bicyclic) bond motifs is 12. The molecule has 10 aromatic rings. The van der Waals surface area contributed by atoms with Gasteiger partial charge in [-0.15, -0.1) is 0 Å². The van der Waals surface area contributed by atoms with Gasteiger partial charge in [-0.25, -0.2) is 15.0 Å². The summed E-state index contributed by atoms with van der Waals surface area (Å²) in [6.07, 6.45) is 14.8. The van der Waals surface area contributed by atoms with Crippen molar-refractivity contribution in [3.05, 3.63) is 253 Å². The van der Waals surface area contributed by atoms with Crippen LogP contribution in [-0.2, 0) is 10.8 Å². The highest BCUT2D eigenvalue weighted by atomic mass is 15.0. The van der Waals surface area contributed by atoms with Crippen LogP contribution >= 0.6 is 0 Å². The van der Waals surface area contributed by atoms with E-state index in [2.05, 4.69) is 231 Å². The lowest BCUT2D eigenvalue weighted by molar-refractivity contribution is 0.129. The molecule has 73 heavy (non-hydrogen) atoms. The van der Waals surface area contributed by atoms with E-state index in [1.165, 1.54) is 84.7 Å². The Balaban J connectivity index is 0.964. The number of benzene rings is 8. The summed E-state index contributed by atoms with van der Waals surface area (Å²) >= 11 is 0. The molecule has 4 nitrogen and oxygen atoms in total. The maximum Gasteiger partial charge on any atom is 0.163 e. The molecule has 352 valence electrons. The van der Waals surface area contributed by atoms with E-state index in [1.807, 2.05) is 6.07 Å². The second kappa shape index (κ2) is 16.7. The Morgan fingerprint density at radius 1 is 0.534 bits per heavy atom. The molecule has 0 radical (unpaired) electrons. The zero-order valence-electron chi connectivity index (χ0n) is 41.6. The van der Waals surface area contributed by atoms with E-state index in [4.69, 9.17) is 16.5 Å². The first kappa shape index (κ1) is 43.6. The van der Waals surface area contributed by atoms with Crippen LogP contribution in [0.3, 0.4) is 0 Å². The molecular formula is C69H56N4. The highest BCUT2D eigenvalue weighted by molar-refractivity contribution is 6.16. The largest absolute Gasteiger partial charge is 0.308 e. The van der Waals surface area contributed by atoms with Crippen LogP contribution in [0.2, 0.25) is 0 Å². The number of nitrogens with zero attached hydrogens (tertiary/aromatic N) is 4. The Kier molecular flexibility index (Phi) is 9.96. The molecule has 0 bridgehead atoms. The van der Waals surface area contributed by atoms with E-state index in [9.17, 15) is 0 Å². The predicted molar refractivity (Wildman–Crippen MR) is 301 cm³/mol. The van der Waals surface area contributed by atoms with Gasteiger partial charge in [0, 0.05) is 44.5 Å². The SMILES string of the molecule is C=C1CCCC2C1c1cc(-c3cc(-c4cccc(-c5ncnc(-c6ccc(-c7ccccc7)cc6)n5)c4)c4c(c3)c3cccc(C)c3n4-c3ccccc3)ccc1C21c2ccccc2C(C)(C)C2C=CC=CC21. The van der Waals surface area contributed by atoms with Crippen molar-refractivity contribution < 1.29 is 0 Å². The molecule has 14 rings (SSSR count). The average Bonchev–Trinajstić information content (AvgIpc) is 3.95. The first-order valence-corrected chi connectivity index (χ1v) is 26.2. The van der Waals surface area contributed by atoms with Crippen LogP contribution < -0.4 is 0 Å². The third-order valence-electron chi connectivity index (χ3n) is 17.5. The smallest absolute Gasteiger partial charge is 0.163 e. The summed E-state index contributed by atoms with van der Waals surface area (Å²) in [5, 5.41) is 2.47.